The molecular formula is C19H37IN4O4. The number of halogens is 1. The molecule has 0 radical (unpaired) electrons. The molecule has 0 aromatic heterocycles. The summed E-state index contributed by atoms with van der Waals surface area (Å²) in [6, 6.07) is 0.312. The van der Waals surface area contributed by atoms with Gasteiger partial charge in [0, 0.05) is 39.1 Å². The van der Waals surface area contributed by atoms with Crippen molar-refractivity contribution in [3.05, 3.63) is 0 Å². The van der Waals surface area contributed by atoms with Gasteiger partial charge in [0.15, 0.2) is 5.96 Å². The Kier molecular flexibility index (Phi) is 15.9. The first-order valence-electron chi connectivity index (χ1n) is 10.1. The van der Waals surface area contributed by atoms with E-state index in [0.717, 1.165) is 51.0 Å². The zero-order valence-corrected chi connectivity index (χ0v) is 19.8. The lowest BCUT2D eigenvalue weighted by molar-refractivity contribution is -0.143. The number of nitrogens with one attached hydrogen (secondary N) is 2. The van der Waals surface area contributed by atoms with E-state index >= 15 is 0 Å². The highest BCUT2D eigenvalue weighted by atomic mass is 127. The molecule has 164 valence electrons. The summed E-state index contributed by atoms with van der Waals surface area (Å²) in [6.07, 6.45) is 6.06. The van der Waals surface area contributed by atoms with Gasteiger partial charge in [0.1, 0.15) is 0 Å². The summed E-state index contributed by atoms with van der Waals surface area (Å²) in [5.74, 6) is 0.699. The molecule has 0 unspecified atom stereocenters. The van der Waals surface area contributed by atoms with Crippen LogP contribution in [-0.2, 0) is 14.3 Å². The Bertz CT molecular complexity index is 469. The van der Waals surface area contributed by atoms with Crippen LogP contribution < -0.4 is 10.6 Å². The second-order valence-corrected chi connectivity index (χ2v) is 6.57. The van der Waals surface area contributed by atoms with Crippen molar-refractivity contribution >= 4 is 42.0 Å². The van der Waals surface area contributed by atoms with Gasteiger partial charge in [0.05, 0.1) is 13.2 Å². The average molecular weight is 512 g/mol. The molecule has 0 aliphatic carbocycles. The summed E-state index contributed by atoms with van der Waals surface area (Å²) >= 11 is 0. The lowest BCUT2D eigenvalue weighted by atomic mass is 10.1. The summed E-state index contributed by atoms with van der Waals surface area (Å²) in [5, 5.41) is 6.76. The number of hydrogen-bond donors (Lipinski definition) is 2. The van der Waals surface area contributed by atoms with E-state index in [1.165, 1.54) is 0 Å². The zero-order chi connectivity index (χ0) is 19.9. The highest BCUT2D eigenvalue weighted by molar-refractivity contribution is 14.0. The van der Waals surface area contributed by atoms with Crippen LogP contribution in [0.1, 0.15) is 58.8 Å². The van der Waals surface area contributed by atoms with Gasteiger partial charge in [0.2, 0.25) is 0 Å². The lowest BCUT2D eigenvalue weighted by Crippen LogP contribution is -2.50. The highest BCUT2D eigenvalue weighted by Gasteiger charge is 2.23. The van der Waals surface area contributed by atoms with Gasteiger partial charge >= 0.3 is 12.1 Å². The predicted molar refractivity (Wildman–Crippen MR) is 121 cm³/mol. The maximum absolute atomic E-state index is 11.7. The maximum atomic E-state index is 11.7. The lowest BCUT2D eigenvalue weighted by Gasteiger charge is -2.32. The Hall–Kier alpha value is -1.26. The van der Waals surface area contributed by atoms with Crippen LogP contribution in [0.2, 0.25) is 0 Å². The fourth-order valence-corrected chi connectivity index (χ4v) is 3.00. The van der Waals surface area contributed by atoms with E-state index in [-0.39, 0.29) is 36.0 Å². The van der Waals surface area contributed by atoms with Gasteiger partial charge in [-0.2, -0.15) is 0 Å². The molecule has 0 aromatic carbocycles. The van der Waals surface area contributed by atoms with Crippen LogP contribution in [-0.4, -0.2) is 68.9 Å². The summed E-state index contributed by atoms with van der Waals surface area (Å²) in [5.41, 5.74) is 0. The van der Waals surface area contributed by atoms with Crippen LogP contribution in [0.3, 0.4) is 0 Å². The van der Waals surface area contributed by atoms with Gasteiger partial charge in [-0.25, -0.2) is 4.79 Å². The minimum absolute atomic E-state index is 0. The Balaban J connectivity index is 0.00000729. The molecule has 0 atom stereocenters. The number of aliphatic imine (C=N–C) groups is 1. The zero-order valence-electron chi connectivity index (χ0n) is 17.5. The summed E-state index contributed by atoms with van der Waals surface area (Å²) in [7, 11) is 1.77. The van der Waals surface area contributed by atoms with Crippen LogP contribution in [0.5, 0.6) is 0 Å². The van der Waals surface area contributed by atoms with Gasteiger partial charge in [0.25, 0.3) is 0 Å². The molecule has 8 nitrogen and oxygen atoms in total. The Labute approximate surface area is 186 Å². The monoisotopic (exact) mass is 512 g/mol. The first kappa shape index (κ1) is 26.7. The second-order valence-electron chi connectivity index (χ2n) is 6.57. The van der Waals surface area contributed by atoms with Crippen LogP contribution in [0.15, 0.2) is 4.99 Å². The highest BCUT2D eigenvalue weighted by Crippen LogP contribution is 2.11. The summed E-state index contributed by atoms with van der Waals surface area (Å²) in [6.45, 7) is 6.77. The molecule has 1 fully saturated rings. The molecule has 1 heterocycles. The van der Waals surface area contributed by atoms with Crippen molar-refractivity contribution < 1.29 is 19.1 Å². The van der Waals surface area contributed by atoms with Gasteiger partial charge < -0.3 is 25.0 Å². The maximum Gasteiger partial charge on any atom is 0.409 e. The van der Waals surface area contributed by atoms with Gasteiger partial charge in [-0.3, -0.25) is 9.79 Å². The number of nitrogens with zero attached hydrogens (tertiary/aromatic N) is 2. The first-order chi connectivity index (χ1) is 13.1. The molecule has 1 amide bonds. The number of rotatable bonds is 10. The van der Waals surface area contributed by atoms with Crippen LogP contribution >= 0.6 is 24.0 Å². The van der Waals surface area contributed by atoms with E-state index in [0.29, 0.717) is 38.8 Å². The van der Waals surface area contributed by atoms with Crippen molar-refractivity contribution in [1.82, 2.24) is 15.5 Å². The van der Waals surface area contributed by atoms with Crippen molar-refractivity contribution in [1.29, 1.82) is 0 Å². The summed E-state index contributed by atoms with van der Waals surface area (Å²) < 4.78 is 9.96. The molecule has 0 spiro atoms. The van der Waals surface area contributed by atoms with E-state index in [4.69, 9.17) is 9.47 Å². The molecule has 1 aliphatic rings. The normalized spacial score (nSPS) is 14.8. The number of amides is 1. The Morgan fingerprint density at radius 3 is 2.29 bits per heavy atom. The number of piperidine rings is 1. The molecule has 9 heteroatoms. The molecule has 1 aliphatic heterocycles. The molecule has 28 heavy (non-hydrogen) atoms. The average Bonchev–Trinajstić information content (AvgIpc) is 2.67. The number of esters is 1. The first-order valence-corrected chi connectivity index (χ1v) is 10.1. The van der Waals surface area contributed by atoms with Crippen LogP contribution in [0, 0.1) is 0 Å². The standard InChI is InChI=1S/C19H36N4O4.HI/c1-4-26-17(24)10-8-6-7-9-13-21-18(20-3)22-16-11-14-23(15-12-16)19(25)27-5-2;/h16H,4-15H2,1-3H3,(H2,20,21,22);1H. The number of carbonyl (C=O) groups excluding carboxylic acids is 2. The largest absolute Gasteiger partial charge is 0.466 e. The van der Waals surface area contributed by atoms with E-state index < -0.39 is 0 Å². The van der Waals surface area contributed by atoms with Crippen molar-refractivity contribution in [3.63, 3.8) is 0 Å². The fraction of sp³-hybridized carbons (Fsp3) is 0.842. The third-order valence-electron chi connectivity index (χ3n) is 4.49. The topological polar surface area (TPSA) is 92.3 Å². The fourth-order valence-electron chi connectivity index (χ4n) is 3.00. The molecular weight excluding hydrogens is 475 g/mol. The quantitative estimate of drug-likeness (QED) is 0.154. The van der Waals surface area contributed by atoms with Crippen molar-refractivity contribution in [3.8, 4) is 0 Å². The number of ether oxygens (including phenoxy) is 2. The van der Waals surface area contributed by atoms with E-state index in [2.05, 4.69) is 15.6 Å². The van der Waals surface area contributed by atoms with Gasteiger partial charge in [-0.05, 0) is 39.5 Å². The Morgan fingerprint density at radius 1 is 1.04 bits per heavy atom. The predicted octanol–water partition coefficient (Wildman–Crippen LogP) is 2.90. The van der Waals surface area contributed by atoms with Gasteiger partial charge in [-0.1, -0.05) is 12.8 Å². The van der Waals surface area contributed by atoms with E-state index in [1.807, 2.05) is 13.8 Å². The molecule has 0 aromatic rings. The SMILES string of the molecule is CCOC(=O)CCCCCCNC(=NC)NC1CCN(C(=O)OCC)CC1.I. The number of guanidine groups is 1. The summed E-state index contributed by atoms with van der Waals surface area (Å²) in [4.78, 5) is 29.0. The molecule has 1 rings (SSSR count). The molecule has 1 saturated heterocycles. The third kappa shape index (κ3) is 11.6. The van der Waals surface area contributed by atoms with Crippen molar-refractivity contribution in [2.75, 3.05) is 39.9 Å². The van der Waals surface area contributed by atoms with E-state index in [1.54, 1.807) is 11.9 Å². The second kappa shape index (κ2) is 16.7. The molecule has 0 saturated carbocycles. The van der Waals surface area contributed by atoms with Crippen molar-refractivity contribution in [2.45, 2.75) is 64.8 Å². The van der Waals surface area contributed by atoms with Crippen LogP contribution in [0.4, 0.5) is 4.79 Å². The minimum atomic E-state index is -0.221. The third-order valence-corrected chi connectivity index (χ3v) is 4.49. The molecule has 2 N–H and O–H groups in total. The number of unbranched alkanes of at least 4 members (excludes halogenated alkanes) is 3. The van der Waals surface area contributed by atoms with Gasteiger partial charge in [-0.15, -0.1) is 24.0 Å². The van der Waals surface area contributed by atoms with Crippen LogP contribution in [0.25, 0.3) is 0 Å². The minimum Gasteiger partial charge on any atom is -0.466 e. The number of hydrogen-bond acceptors (Lipinski definition) is 5. The number of likely N-dealkylation sites (tertiary alicyclic amines) is 1. The molecule has 0 bridgehead atoms. The van der Waals surface area contributed by atoms with Crippen molar-refractivity contribution in [2.24, 2.45) is 4.99 Å². The van der Waals surface area contributed by atoms with E-state index in [9.17, 15) is 9.59 Å². The smallest absolute Gasteiger partial charge is 0.409 e. The number of carbonyl (C=O) groups is 2. The Morgan fingerprint density at radius 2 is 1.68 bits per heavy atom.